The Morgan fingerprint density at radius 1 is 1.25 bits per heavy atom. The number of alkyl halides is 3. The number of nitrogens with one attached hydrogen (secondary N) is 2. The number of aromatic amines is 1. The van der Waals surface area contributed by atoms with E-state index in [1.807, 2.05) is 0 Å². The second-order valence-corrected chi connectivity index (χ2v) is 5.43. The predicted molar refractivity (Wildman–Crippen MR) is 84.0 cm³/mol. The maximum Gasteiger partial charge on any atom is 0.416 e. The number of anilines is 1. The van der Waals surface area contributed by atoms with Crippen LogP contribution in [0.5, 0.6) is 0 Å². The standard InChI is InChI=1S/C15H13F3N4OS/c16-15(17,18)10-3-1-4-11(7-10)19-8-13-20-21-14(24)22(13)9-12-5-2-6-23-12/h1-7,19H,8-9H2,(H,21,24). The molecule has 0 atom stereocenters. The van der Waals surface area contributed by atoms with Gasteiger partial charge in [0.2, 0.25) is 0 Å². The summed E-state index contributed by atoms with van der Waals surface area (Å²) in [6.07, 6.45) is -2.82. The summed E-state index contributed by atoms with van der Waals surface area (Å²) >= 11 is 5.17. The van der Waals surface area contributed by atoms with Gasteiger partial charge in [-0.3, -0.25) is 9.67 Å². The molecule has 3 rings (SSSR count). The van der Waals surface area contributed by atoms with Gasteiger partial charge >= 0.3 is 6.18 Å². The Morgan fingerprint density at radius 2 is 2.08 bits per heavy atom. The van der Waals surface area contributed by atoms with Crippen molar-refractivity contribution in [3.8, 4) is 0 Å². The van der Waals surface area contributed by atoms with E-state index in [4.69, 9.17) is 16.6 Å². The van der Waals surface area contributed by atoms with E-state index in [2.05, 4.69) is 15.5 Å². The van der Waals surface area contributed by atoms with Crippen LogP contribution in [0.4, 0.5) is 18.9 Å². The van der Waals surface area contributed by atoms with Gasteiger partial charge in [-0.25, -0.2) is 0 Å². The van der Waals surface area contributed by atoms with Crippen molar-refractivity contribution in [1.82, 2.24) is 14.8 Å². The van der Waals surface area contributed by atoms with Crippen LogP contribution in [0, 0.1) is 4.77 Å². The van der Waals surface area contributed by atoms with Crippen LogP contribution >= 0.6 is 12.2 Å². The molecule has 0 aliphatic heterocycles. The van der Waals surface area contributed by atoms with Crippen LogP contribution in [-0.4, -0.2) is 14.8 Å². The average Bonchev–Trinajstić information content (AvgIpc) is 3.17. The number of hydrogen-bond donors (Lipinski definition) is 2. The highest BCUT2D eigenvalue weighted by molar-refractivity contribution is 7.71. The normalized spacial score (nSPS) is 11.6. The second-order valence-electron chi connectivity index (χ2n) is 5.04. The molecule has 9 heteroatoms. The van der Waals surface area contributed by atoms with Gasteiger partial charge in [0.15, 0.2) is 10.6 Å². The van der Waals surface area contributed by atoms with E-state index in [0.717, 1.165) is 12.1 Å². The molecular weight excluding hydrogens is 341 g/mol. The summed E-state index contributed by atoms with van der Waals surface area (Å²) in [5.41, 5.74) is -0.356. The van der Waals surface area contributed by atoms with E-state index in [9.17, 15) is 13.2 Å². The van der Waals surface area contributed by atoms with Crippen molar-refractivity contribution in [2.75, 3.05) is 5.32 Å². The van der Waals surface area contributed by atoms with E-state index >= 15 is 0 Å². The van der Waals surface area contributed by atoms with Crippen molar-refractivity contribution in [2.24, 2.45) is 0 Å². The molecule has 1 aromatic carbocycles. The fourth-order valence-corrected chi connectivity index (χ4v) is 2.41. The van der Waals surface area contributed by atoms with Gasteiger partial charge in [0.25, 0.3) is 0 Å². The van der Waals surface area contributed by atoms with Gasteiger partial charge in [-0.1, -0.05) is 6.07 Å². The molecule has 0 saturated heterocycles. The van der Waals surface area contributed by atoms with Crippen molar-refractivity contribution in [3.63, 3.8) is 0 Å². The zero-order valence-corrected chi connectivity index (χ0v) is 13.1. The number of halogens is 3. The number of hydrogen-bond acceptors (Lipinski definition) is 4. The van der Waals surface area contributed by atoms with E-state index in [-0.39, 0.29) is 6.54 Å². The first-order valence-electron chi connectivity index (χ1n) is 7.01. The second kappa shape index (κ2) is 6.52. The summed E-state index contributed by atoms with van der Waals surface area (Å²) in [5, 5.41) is 9.70. The molecule has 0 radical (unpaired) electrons. The summed E-state index contributed by atoms with van der Waals surface area (Å²) in [5.74, 6) is 1.27. The lowest BCUT2D eigenvalue weighted by atomic mass is 10.2. The van der Waals surface area contributed by atoms with Gasteiger partial charge in [0, 0.05) is 5.69 Å². The number of rotatable bonds is 5. The minimum absolute atomic E-state index is 0.217. The molecule has 2 heterocycles. The molecule has 0 aliphatic carbocycles. The lowest BCUT2D eigenvalue weighted by Gasteiger charge is -2.11. The van der Waals surface area contributed by atoms with Crippen molar-refractivity contribution in [1.29, 1.82) is 0 Å². The molecule has 0 amide bonds. The Balaban J connectivity index is 1.75. The van der Waals surface area contributed by atoms with Crippen LogP contribution in [0.1, 0.15) is 17.1 Å². The van der Waals surface area contributed by atoms with Crippen LogP contribution < -0.4 is 5.32 Å². The van der Waals surface area contributed by atoms with Gasteiger partial charge in [-0.05, 0) is 42.5 Å². The zero-order chi connectivity index (χ0) is 17.2. The SMILES string of the molecule is FC(F)(F)c1cccc(NCc2n[nH]c(=S)n2Cc2ccco2)c1. The Kier molecular flexibility index (Phi) is 4.43. The quantitative estimate of drug-likeness (QED) is 0.674. The number of furan rings is 1. The molecule has 3 aromatic rings. The Hall–Kier alpha value is -2.55. The molecule has 24 heavy (non-hydrogen) atoms. The fourth-order valence-electron chi connectivity index (χ4n) is 2.19. The molecular formula is C15H13F3N4OS. The van der Waals surface area contributed by atoms with E-state index in [0.29, 0.717) is 28.6 Å². The summed E-state index contributed by atoms with van der Waals surface area (Å²) in [4.78, 5) is 0. The third-order valence-corrected chi connectivity index (χ3v) is 3.68. The van der Waals surface area contributed by atoms with Crippen molar-refractivity contribution < 1.29 is 17.6 Å². The van der Waals surface area contributed by atoms with Gasteiger partial charge in [0.1, 0.15) is 5.76 Å². The molecule has 2 N–H and O–H groups in total. The molecule has 5 nitrogen and oxygen atoms in total. The maximum atomic E-state index is 12.7. The summed E-state index contributed by atoms with van der Waals surface area (Å²) in [7, 11) is 0. The van der Waals surface area contributed by atoms with E-state index < -0.39 is 11.7 Å². The third kappa shape index (κ3) is 3.67. The Bertz CT molecular complexity index is 867. The van der Waals surface area contributed by atoms with Gasteiger partial charge in [-0.2, -0.15) is 18.3 Å². The van der Waals surface area contributed by atoms with Gasteiger partial charge in [-0.15, -0.1) is 0 Å². The topological polar surface area (TPSA) is 58.8 Å². The first kappa shape index (κ1) is 16.3. The highest BCUT2D eigenvalue weighted by atomic mass is 32.1. The number of H-pyrrole nitrogens is 1. The molecule has 0 bridgehead atoms. The molecule has 0 fully saturated rings. The first-order chi connectivity index (χ1) is 11.4. The smallest absolute Gasteiger partial charge is 0.416 e. The van der Waals surface area contributed by atoms with Crippen molar-refractivity contribution in [2.45, 2.75) is 19.3 Å². The summed E-state index contributed by atoms with van der Waals surface area (Å²) in [6.45, 7) is 0.608. The molecule has 0 aliphatic rings. The van der Waals surface area contributed by atoms with E-state index in [1.165, 1.54) is 6.07 Å². The molecule has 0 unspecified atom stereocenters. The fraction of sp³-hybridized carbons (Fsp3) is 0.200. The molecule has 2 aromatic heterocycles. The minimum Gasteiger partial charge on any atom is -0.467 e. The van der Waals surface area contributed by atoms with E-state index in [1.54, 1.807) is 29.0 Å². The number of aromatic nitrogens is 3. The summed E-state index contributed by atoms with van der Waals surface area (Å²) < 4.78 is 45.6. The minimum atomic E-state index is -4.38. The highest BCUT2D eigenvalue weighted by Crippen LogP contribution is 2.30. The van der Waals surface area contributed by atoms with Crippen LogP contribution in [0.2, 0.25) is 0 Å². The van der Waals surface area contributed by atoms with Crippen LogP contribution in [0.3, 0.4) is 0 Å². The van der Waals surface area contributed by atoms with Gasteiger partial charge in [0.05, 0.1) is 24.9 Å². The zero-order valence-electron chi connectivity index (χ0n) is 12.3. The Labute approximate surface area is 140 Å². The van der Waals surface area contributed by atoms with Gasteiger partial charge < -0.3 is 9.73 Å². The number of benzene rings is 1. The van der Waals surface area contributed by atoms with Crippen LogP contribution in [0.15, 0.2) is 47.1 Å². The highest BCUT2D eigenvalue weighted by Gasteiger charge is 2.30. The van der Waals surface area contributed by atoms with Crippen LogP contribution in [-0.2, 0) is 19.3 Å². The van der Waals surface area contributed by atoms with Crippen molar-refractivity contribution in [3.05, 3.63) is 64.6 Å². The maximum absolute atomic E-state index is 12.7. The first-order valence-corrected chi connectivity index (χ1v) is 7.42. The predicted octanol–water partition coefficient (Wildman–Crippen LogP) is 4.21. The third-order valence-electron chi connectivity index (χ3n) is 3.37. The summed E-state index contributed by atoms with van der Waals surface area (Å²) in [6, 6.07) is 8.56. The number of nitrogens with zero attached hydrogens (tertiary/aromatic N) is 2. The average molecular weight is 354 g/mol. The lowest BCUT2D eigenvalue weighted by molar-refractivity contribution is -0.137. The van der Waals surface area contributed by atoms with Crippen molar-refractivity contribution >= 4 is 17.9 Å². The molecule has 0 saturated carbocycles. The molecule has 0 spiro atoms. The van der Waals surface area contributed by atoms with Crippen LogP contribution in [0.25, 0.3) is 0 Å². The largest absolute Gasteiger partial charge is 0.467 e. The molecule has 126 valence electrons. The monoisotopic (exact) mass is 354 g/mol. The lowest BCUT2D eigenvalue weighted by Crippen LogP contribution is -2.11. The Morgan fingerprint density at radius 3 is 2.79 bits per heavy atom.